The molecule has 0 aliphatic heterocycles. The maximum Gasteiger partial charge on any atom is 0.0591 e. The molecule has 0 heterocycles. The minimum Gasteiger partial charge on any atom is -0.380 e. The van der Waals surface area contributed by atoms with Crippen LogP contribution in [0.3, 0.4) is 0 Å². The van der Waals surface area contributed by atoms with E-state index >= 15 is 0 Å². The van der Waals surface area contributed by atoms with Gasteiger partial charge in [0.05, 0.1) is 6.61 Å². The zero-order valence-electron chi connectivity index (χ0n) is 10.4. The maximum atomic E-state index is 5.61. The van der Waals surface area contributed by atoms with Crippen LogP contribution in [0.25, 0.3) is 0 Å². The Labute approximate surface area is 94.8 Å². The number of nitrogens with one attached hydrogen (secondary N) is 1. The second-order valence-electron chi connectivity index (χ2n) is 4.84. The first-order valence-corrected chi connectivity index (χ1v) is 6.64. The van der Waals surface area contributed by atoms with Crippen LogP contribution >= 0.6 is 0 Å². The number of hydrogen-bond acceptors (Lipinski definition) is 2. The molecule has 2 nitrogen and oxygen atoms in total. The highest BCUT2D eigenvalue weighted by atomic mass is 16.5. The monoisotopic (exact) mass is 213 g/mol. The highest BCUT2D eigenvalue weighted by molar-refractivity contribution is 4.68. The summed E-state index contributed by atoms with van der Waals surface area (Å²) in [6, 6.07) is 0.644. The summed E-state index contributed by atoms with van der Waals surface area (Å²) in [7, 11) is 0. The molecule has 1 aliphatic rings. The fraction of sp³-hybridized carbons (Fsp3) is 1.00. The molecule has 1 aliphatic carbocycles. The van der Waals surface area contributed by atoms with Gasteiger partial charge in [0.25, 0.3) is 0 Å². The van der Waals surface area contributed by atoms with Gasteiger partial charge in [0.15, 0.2) is 0 Å². The van der Waals surface area contributed by atoms with E-state index in [9.17, 15) is 0 Å². The minimum absolute atomic E-state index is 0.644. The third-order valence-electron chi connectivity index (χ3n) is 3.36. The summed E-state index contributed by atoms with van der Waals surface area (Å²) in [4.78, 5) is 0. The van der Waals surface area contributed by atoms with Crippen LogP contribution in [-0.2, 0) is 4.74 Å². The van der Waals surface area contributed by atoms with Crippen LogP contribution in [-0.4, -0.2) is 25.8 Å². The van der Waals surface area contributed by atoms with E-state index in [4.69, 9.17) is 4.74 Å². The molecule has 0 aromatic carbocycles. The van der Waals surface area contributed by atoms with Gasteiger partial charge >= 0.3 is 0 Å². The first kappa shape index (κ1) is 13.0. The van der Waals surface area contributed by atoms with Crippen LogP contribution < -0.4 is 5.32 Å². The predicted molar refractivity (Wildman–Crippen MR) is 65.1 cm³/mol. The molecule has 90 valence electrons. The van der Waals surface area contributed by atoms with Gasteiger partial charge in [0.1, 0.15) is 0 Å². The van der Waals surface area contributed by atoms with Gasteiger partial charge in [-0.1, -0.05) is 32.6 Å². The fourth-order valence-corrected chi connectivity index (χ4v) is 2.05. The van der Waals surface area contributed by atoms with Crippen LogP contribution in [0.4, 0.5) is 0 Å². The molecule has 1 unspecified atom stereocenters. The van der Waals surface area contributed by atoms with E-state index in [1.165, 1.54) is 38.5 Å². The molecule has 1 rings (SSSR count). The minimum atomic E-state index is 0.644. The van der Waals surface area contributed by atoms with Crippen molar-refractivity contribution in [2.45, 2.75) is 58.4 Å². The van der Waals surface area contributed by atoms with Crippen LogP contribution in [0.2, 0.25) is 0 Å². The predicted octanol–water partition coefficient (Wildman–Crippen LogP) is 2.97. The summed E-state index contributed by atoms with van der Waals surface area (Å²) in [6.07, 6.45) is 8.13. The van der Waals surface area contributed by atoms with Crippen molar-refractivity contribution >= 4 is 0 Å². The standard InChI is InChI=1S/C13H27NO/c1-3-5-12(2)14-9-11-15-10-8-13-6-4-7-13/h12-14H,3-11H2,1-2H3. The second kappa shape index (κ2) is 8.12. The van der Waals surface area contributed by atoms with Crippen LogP contribution in [0.5, 0.6) is 0 Å². The Morgan fingerprint density at radius 2 is 2.13 bits per heavy atom. The summed E-state index contributed by atoms with van der Waals surface area (Å²) < 4.78 is 5.61. The Hall–Kier alpha value is -0.0800. The van der Waals surface area contributed by atoms with Crippen molar-refractivity contribution in [3.63, 3.8) is 0 Å². The van der Waals surface area contributed by atoms with Crippen LogP contribution in [0.1, 0.15) is 52.4 Å². The molecule has 1 atom stereocenters. The highest BCUT2D eigenvalue weighted by Gasteiger charge is 2.16. The van der Waals surface area contributed by atoms with Gasteiger partial charge in [-0.15, -0.1) is 0 Å². The Balaban J connectivity index is 1.76. The Morgan fingerprint density at radius 3 is 2.73 bits per heavy atom. The van der Waals surface area contributed by atoms with E-state index < -0.39 is 0 Å². The smallest absolute Gasteiger partial charge is 0.0591 e. The van der Waals surface area contributed by atoms with Gasteiger partial charge in [-0.25, -0.2) is 0 Å². The highest BCUT2D eigenvalue weighted by Crippen LogP contribution is 2.28. The van der Waals surface area contributed by atoms with Crippen molar-refractivity contribution in [2.24, 2.45) is 5.92 Å². The van der Waals surface area contributed by atoms with E-state index in [0.717, 1.165) is 25.7 Å². The Bertz CT molecular complexity index is 145. The molecule has 0 saturated heterocycles. The number of hydrogen-bond donors (Lipinski definition) is 1. The van der Waals surface area contributed by atoms with Crippen molar-refractivity contribution in [1.29, 1.82) is 0 Å². The third kappa shape index (κ3) is 6.16. The lowest BCUT2D eigenvalue weighted by atomic mass is 9.83. The molecule has 1 saturated carbocycles. The van der Waals surface area contributed by atoms with Crippen molar-refractivity contribution in [2.75, 3.05) is 19.8 Å². The average Bonchev–Trinajstić information content (AvgIpc) is 2.14. The van der Waals surface area contributed by atoms with Crippen molar-refractivity contribution in [3.8, 4) is 0 Å². The number of rotatable bonds is 9. The Kier molecular flexibility index (Phi) is 7.03. The summed E-state index contributed by atoms with van der Waals surface area (Å²) in [6.45, 7) is 7.33. The van der Waals surface area contributed by atoms with E-state index in [2.05, 4.69) is 19.2 Å². The van der Waals surface area contributed by atoms with E-state index in [1.807, 2.05) is 0 Å². The molecule has 0 radical (unpaired) electrons. The van der Waals surface area contributed by atoms with Gasteiger partial charge in [-0.3, -0.25) is 0 Å². The van der Waals surface area contributed by atoms with E-state index in [1.54, 1.807) is 0 Å². The molecule has 0 spiro atoms. The molecule has 0 bridgehead atoms. The molecular formula is C13H27NO. The molecule has 0 aromatic heterocycles. The average molecular weight is 213 g/mol. The van der Waals surface area contributed by atoms with Gasteiger partial charge < -0.3 is 10.1 Å². The van der Waals surface area contributed by atoms with Crippen molar-refractivity contribution in [1.82, 2.24) is 5.32 Å². The topological polar surface area (TPSA) is 21.3 Å². The SMILES string of the molecule is CCCC(C)NCCOCCC1CCC1. The lowest BCUT2D eigenvalue weighted by Gasteiger charge is -2.24. The number of ether oxygens (including phenoxy) is 1. The lowest BCUT2D eigenvalue weighted by Crippen LogP contribution is -2.29. The molecule has 15 heavy (non-hydrogen) atoms. The van der Waals surface area contributed by atoms with E-state index in [-0.39, 0.29) is 0 Å². The molecule has 2 heteroatoms. The fourth-order valence-electron chi connectivity index (χ4n) is 2.05. The quantitative estimate of drug-likeness (QED) is 0.595. The Morgan fingerprint density at radius 1 is 1.33 bits per heavy atom. The molecule has 0 amide bonds. The van der Waals surface area contributed by atoms with Gasteiger partial charge in [0.2, 0.25) is 0 Å². The zero-order chi connectivity index (χ0) is 10.9. The normalized spacial score (nSPS) is 18.8. The van der Waals surface area contributed by atoms with Gasteiger partial charge in [0, 0.05) is 19.2 Å². The van der Waals surface area contributed by atoms with Crippen LogP contribution in [0, 0.1) is 5.92 Å². The van der Waals surface area contributed by atoms with Gasteiger partial charge in [-0.05, 0) is 25.7 Å². The van der Waals surface area contributed by atoms with Crippen LogP contribution in [0.15, 0.2) is 0 Å². The van der Waals surface area contributed by atoms with E-state index in [0.29, 0.717) is 6.04 Å². The lowest BCUT2D eigenvalue weighted by molar-refractivity contribution is 0.107. The molecule has 1 fully saturated rings. The summed E-state index contributed by atoms with van der Waals surface area (Å²) in [5.74, 6) is 0.983. The first-order valence-electron chi connectivity index (χ1n) is 6.64. The first-order chi connectivity index (χ1) is 7.33. The summed E-state index contributed by atoms with van der Waals surface area (Å²) in [5.41, 5.74) is 0. The zero-order valence-corrected chi connectivity index (χ0v) is 10.4. The molecule has 0 aromatic rings. The second-order valence-corrected chi connectivity index (χ2v) is 4.84. The summed E-state index contributed by atoms with van der Waals surface area (Å²) >= 11 is 0. The third-order valence-corrected chi connectivity index (χ3v) is 3.36. The van der Waals surface area contributed by atoms with Crippen molar-refractivity contribution < 1.29 is 4.74 Å². The summed E-state index contributed by atoms with van der Waals surface area (Å²) in [5, 5.41) is 3.47. The van der Waals surface area contributed by atoms with Gasteiger partial charge in [-0.2, -0.15) is 0 Å². The molecule has 1 N–H and O–H groups in total. The molecular weight excluding hydrogens is 186 g/mol. The van der Waals surface area contributed by atoms with Crippen molar-refractivity contribution in [3.05, 3.63) is 0 Å². The largest absolute Gasteiger partial charge is 0.380 e. The maximum absolute atomic E-state index is 5.61.